The van der Waals surface area contributed by atoms with Crippen LogP contribution < -0.4 is 15.6 Å². The number of aromatic hydroxyl groups is 1. The minimum absolute atomic E-state index is 0.195. The second-order valence-corrected chi connectivity index (χ2v) is 8.24. The van der Waals surface area contributed by atoms with Crippen molar-refractivity contribution in [2.75, 3.05) is 41.9 Å². The van der Waals surface area contributed by atoms with Crippen LogP contribution >= 0.6 is 0 Å². The molecule has 0 unspecified atom stereocenters. The zero-order valence-corrected chi connectivity index (χ0v) is 20.6. The third-order valence-corrected chi connectivity index (χ3v) is 5.57. The first-order chi connectivity index (χ1) is 18.0. The Kier molecular flexibility index (Phi) is 8.62. The molecule has 0 saturated carbocycles. The van der Waals surface area contributed by atoms with E-state index in [2.05, 4.69) is 32.4 Å². The zero-order chi connectivity index (χ0) is 26.0. The van der Waals surface area contributed by atoms with Gasteiger partial charge in [0, 0.05) is 24.5 Å². The van der Waals surface area contributed by atoms with Gasteiger partial charge in [-0.05, 0) is 54.0 Å². The van der Waals surface area contributed by atoms with Crippen LogP contribution in [-0.2, 0) is 4.74 Å². The third-order valence-electron chi connectivity index (χ3n) is 5.57. The number of benzene rings is 2. The van der Waals surface area contributed by atoms with Gasteiger partial charge in [0.1, 0.15) is 5.75 Å². The molecule has 1 aliphatic rings. The van der Waals surface area contributed by atoms with Crippen molar-refractivity contribution in [1.29, 1.82) is 0 Å². The molecule has 9 heteroatoms. The topological polar surface area (TPSA) is 94.9 Å². The normalized spacial score (nSPS) is 14.3. The van der Waals surface area contributed by atoms with E-state index in [1.807, 2.05) is 66.4 Å². The first-order valence-electron chi connectivity index (χ1n) is 11.9. The maximum Gasteiger partial charge on any atom is 0.245 e. The van der Waals surface area contributed by atoms with Crippen LogP contribution in [0.3, 0.4) is 0 Å². The third kappa shape index (κ3) is 7.25. The first-order valence-corrected chi connectivity index (χ1v) is 11.9. The van der Waals surface area contributed by atoms with E-state index in [0.717, 1.165) is 28.7 Å². The molecule has 0 aliphatic carbocycles. The predicted molar refractivity (Wildman–Crippen MR) is 146 cm³/mol. The van der Waals surface area contributed by atoms with Gasteiger partial charge in [-0.1, -0.05) is 43.0 Å². The lowest BCUT2D eigenvalue weighted by molar-refractivity contribution is 0.122. The Morgan fingerprint density at radius 1 is 1.14 bits per heavy atom. The Morgan fingerprint density at radius 2 is 1.92 bits per heavy atom. The molecule has 2 aromatic carbocycles. The van der Waals surface area contributed by atoms with E-state index in [1.54, 1.807) is 12.1 Å². The molecule has 37 heavy (non-hydrogen) atoms. The summed E-state index contributed by atoms with van der Waals surface area (Å²) in [7, 11) is 0. The van der Waals surface area contributed by atoms with Gasteiger partial charge in [-0.2, -0.15) is 10.1 Å². The highest BCUT2D eigenvalue weighted by Crippen LogP contribution is 2.25. The lowest BCUT2D eigenvalue weighted by Gasteiger charge is -2.27. The van der Waals surface area contributed by atoms with Gasteiger partial charge in [0.15, 0.2) is 11.6 Å². The minimum Gasteiger partial charge on any atom is -0.508 e. The maximum atomic E-state index is 14.2. The van der Waals surface area contributed by atoms with Crippen LogP contribution in [0.2, 0.25) is 0 Å². The van der Waals surface area contributed by atoms with Crippen LogP contribution in [-0.4, -0.2) is 47.6 Å². The number of morpholine rings is 1. The smallest absolute Gasteiger partial charge is 0.245 e. The number of hydrazone groups is 1. The highest BCUT2D eigenvalue weighted by molar-refractivity contribution is 5.82. The molecule has 0 radical (unpaired) electrons. The van der Waals surface area contributed by atoms with E-state index in [0.29, 0.717) is 31.9 Å². The number of hydrogen-bond acceptors (Lipinski definition) is 8. The number of nitrogens with one attached hydrogen (secondary N) is 2. The van der Waals surface area contributed by atoms with Crippen molar-refractivity contribution in [2.45, 2.75) is 6.92 Å². The van der Waals surface area contributed by atoms with E-state index in [4.69, 9.17) is 4.74 Å². The van der Waals surface area contributed by atoms with Crippen molar-refractivity contribution >= 4 is 23.7 Å². The summed E-state index contributed by atoms with van der Waals surface area (Å²) < 4.78 is 19.5. The Hall–Kier alpha value is -4.50. The van der Waals surface area contributed by atoms with E-state index >= 15 is 0 Å². The SMILES string of the molecule is C=C(/C=C\C(=C/C)Nc1ccc(-c2cccc(O)c2)cc1)/C=N/Nc1ncc(F)c(N2CCOCC2)n1. The number of rotatable bonds is 9. The van der Waals surface area contributed by atoms with Crippen LogP contribution in [0.15, 0.2) is 95.9 Å². The van der Waals surface area contributed by atoms with Gasteiger partial charge >= 0.3 is 0 Å². The van der Waals surface area contributed by atoms with E-state index in [1.165, 1.54) is 6.21 Å². The molecule has 1 aromatic heterocycles. The standard InChI is InChI=1S/C28H29FN6O2/c1-3-23(32-24-11-8-21(9-12-24)22-5-4-6-25(36)17-22)10-7-20(2)18-31-34-28-30-19-26(29)27(33-28)35-13-15-37-16-14-35/h3-12,17-19,32,36H,2,13-16H2,1H3,(H,30,33,34)/b10-7-,23-3+,31-18+. The number of phenols is 1. The Morgan fingerprint density at radius 3 is 2.65 bits per heavy atom. The molecule has 8 nitrogen and oxygen atoms in total. The fraction of sp³-hybridized carbons (Fsp3) is 0.179. The molecular formula is C28H29FN6O2. The van der Waals surface area contributed by atoms with Crippen molar-refractivity contribution in [3.63, 3.8) is 0 Å². The highest BCUT2D eigenvalue weighted by Gasteiger charge is 2.17. The van der Waals surface area contributed by atoms with Gasteiger partial charge in [-0.3, -0.25) is 0 Å². The summed E-state index contributed by atoms with van der Waals surface area (Å²) in [6.45, 7) is 8.12. The molecule has 0 bridgehead atoms. The van der Waals surface area contributed by atoms with Gasteiger partial charge < -0.3 is 20.1 Å². The minimum atomic E-state index is -0.482. The number of ether oxygens (including phenoxy) is 1. The number of nitrogens with zero attached hydrogens (tertiary/aromatic N) is 4. The van der Waals surface area contributed by atoms with Crippen LogP contribution in [0.25, 0.3) is 11.1 Å². The summed E-state index contributed by atoms with van der Waals surface area (Å²) in [4.78, 5) is 10.0. The molecule has 1 saturated heterocycles. The molecule has 3 aromatic rings. The number of phenolic OH excluding ortho intramolecular Hbond substituents is 1. The summed E-state index contributed by atoms with van der Waals surface area (Å²) in [5.41, 5.74) is 7.13. The predicted octanol–water partition coefficient (Wildman–Crippen LogP) is 5.35. The van der Waals surface area contributed by atoms with Gasteiger partial charge in [0.2, 0.25) is 5.95 Å². The van der Waals surface area contributed by atoms with Crippen LogP contribution in [0.5, 0.6) is 5.75 Å². The van der Waals surface area contributed by atoms with Crippen molar-refractivity contribution in [1.82, 2.24) is 9.97 Å². The monoisotopic (exact) mass is 500 g/mol. The van der Waals surface area contributed by atoms with Crippen molar-refractivity contribution in [3.05, 3.63) is 96.6 Å². The summed E-state index contributed by atoms with van der Waals surface area (Å²) in [6.07, 6.45) is 8.32. The number of hydrogen-bond donors (Lipinski definition) is 3. The largest absolute Gasteiger partial charge is 0.508 e. The first kappa shape index (κ1) is 25.6. The Bertz CT molecular complexity index is 1310. The Labute approximate surface area is 215 Å². The fourth-order valence-electron chi connectivity index (χ4n) is 3.63. The molecule has 4 rings (SSSR count). The molecule has 0 spiro atoms. The Balaban J connectivity index is 1.31. The number of halogens is 1. The molecule has 0 atom stereocenters. The van der Waals surface area contributed by atoms with E-state index in [9.17, 15) is 9.50 Å². The lowest BCUT2D eigenvalue weighted by atomic mass is 10.1. The second-order valence-electron chi connectivity index (χ2n) is 8.24. The summed E-state index contributed by atoms with van der Waals surface area (Å²) in [6, 6.07) is 15.1. The summed E-state index contributed by atoms with van der Waals surface area (Å²) in [5.74, 6) is 0.182. The summed E-state index contributed by atoms with van der Waals surface area (Å²) in [5, 5.41) is 17.2. The quantitative estimate of drug-likeness (QED) is 0.207. The molecule has 1 aliphatic heterocycles. The van der Waals surface area contributed by atoms with Crippen LogP contribution in [0.4, 0.5) is 21.8 Å². The van der Waals surface area contributed by atoms with Crippen molar-refractivity contribution < 1.29 is 14.2 Å². The number of allylic oxidation sites excluding steroid dienone is 4. The highest BCUT2D eigenvalue weighted by atomic mass is 19.1. The average Bonchev–Trinajstić information content (AvgIpc) is 2.93. The van der Waals surface area contributed by atoms with Crippen LogP contribution in [0, 0.1) is 5.82 Å². The van der Waals surface area contributed by atoms with Crippen molar-refractivity contribution in [3.8, 4) is 16.9 Å². The molecule has 2 heterocycles. The molecule has 190 valence electrons. The molecular weight excluding hydrogens is 471 g/mol. The van der Waals surface area contributed by atoms with Crippen LogP contribution in [0.1, 0.15) is 6.92 Å². The average molecular weight is 501 g/mol. The van der Waals surface area contributed by atoms with E-state index in [-0.39, 0.29) is 17.5 Å². The van der Waals surface area contributed by atoms with Gasteiger partial charge in [0.05, 0.1) is 25.6 Å². The van der Waals surface area contributed by atoms with Gasteiger partial charge in [-0.25, -0.2) is 14.8 Å². The summed E-state index contributed by atoms with van der Waals surface area (Å²) >= 11 is 0. The second kappa shape index (κ2) is 12.5. The molecule has 0 amide bonds. The molecule has 1 fully saturated rings. The van der Waals surface area contributed by atoms with Gasteiger partial charge in [0.25, 0.3) is 0 Å². The van der Waals surface area contributed by atoms with Crippen molar-refractivity contribution in [2.24, 2.45) is 5.10 Å². The van der Waals surface area contributed by atoms with Gasteiger partial charge in [-0.15, -0.1) is 0 Å². The lowest BCUT2D eigenvalue weighted by Crippen LogP contribution is -2.37. The number of anilines is 3. The zero-order valence-electron chi connectivity index (χ0n) is 20.6. The molecule has 3 N–H and O–H groups in total. The fourth-order valence-corrected chi connectivity index (χ4v) is 3.63. The number of aromatic nitrogens is 2. The maximum absolute atomic E-state index is 14.2. The van der Waals surface area contributed by atoms with E-state index < -0.39 is 5.82 Å².